The SMILES string of the molecule is O=C(NCc1ccccn1)Nc1cc(F)ccc1C(=O)O. The monoisotopic (exact) mass is 289 g/mol. The second-order valence-electron chi connectivity index (χ2n) is 4.12. The van der Waals surface area contributed by atoms with Crippen molar-refractivity contribution in [1.29, 1.82) is 0 Å². The summed E-state index contributed by atoms with van der Waals surface area (Å²) in [7, 11) is 0. The molecule has 2 rings (SSSR count). The van der Waals surface area contributed by atoms with E-state index in [-0.39, 0.29) is 17.8 Å². The van der Waals surface area contributed by atoms with Gasteiger partial charge in [0.2, 0.25) is 0 Å². The summed E-state index contributed by atoms with van der Waals surface area (Å²) in [5.41, 5.74) is 0.343. The van der Waals surface area contributed by atoms with Crippen LogP contribution in [-0.4, -0.2) is 22.1 Å². The average molecular weight is 289 g/mol. The highest BCUT2D eigenvalue weighted by molar-refractivity contribution is 5.99. The van der Waals surface area contributed by atoms with Gasteiger partial charge in [-0.05, 0) is 30.3 Å². The van der Waals surface area contributed by atoms with Crippen LogP contribution < -0.4 is 10.6 Å². The quantitative estimate of drug-likeness (QED) is 0.805. The fourth-order valence-electron chi connectivity index (χ4n) is 1.65. The first-order valence-electron chi connectivity index (χ1n) is 6.04. The number of halogens is 1. The number of carbonyl (C=O) groups excluding carboxylic acids is 1. The molecule has 2 aromatic rings. The highest BCUT2D eigenvalue weighted by Gasteiger charge is 2.13. The lowest BCUT2D eigenvalue weighted by atomic mass is 10.2. The Morgan fingerprint density at radius 3 is 2.71 bits per heavy atom. The van der Waals surface area contributed by atoms with Crippen molar-refractivity contribution in [3.63, 3.8) is 0 Å². The number of nitrogens with zero attached hydrogens (tertiary/aromatic N) is 1. The van der Waals surface area contributed by atoms with Gasteiger partial charge in [-0.15, -0.1) is 0 Å². The third-order valence-corrected chi connectivity index (χ3v) is 2.62. The standard InChI is InChI=1S/C14H12FN3O3/c15-9-4-5-11(13(19)20)12(7-9)18-14(21)17-8-10-3-1-2-6-16-10/h1-7H,8H2,(H,19,20)(H2,17,18,21). The molecule has 0 fully saturated rings. The van der Waals surface area contributed by atoms with Crippen molar-refractivity contribution in [2.45, 2.75) is 6.54 Å². The largest absolute Gasteiger partial charge is 0.478 e. The van der Waals surface area contributed by atoms with Gasteiger partial charge in [-0.25, -0.2) is 14.0 Å². The Morgan fingerprint density at radius 1 is 1.24 bits per heavy atom. The molecule has 0 saturated carbocycles. The van der Waals surface area contributed by atoms with Gasteiger partial charge in [0, 0.05) is 6.20 Å². The summed E-state index contributed by atoms with van der Waals surface area (Å²) in [6.07, 6.45) is 1.59. The van der Waals surface area contributed by atoms with E-state index >= 15 is 0 Å². The van der Waals surface area contributed by atoms with E-state index in [1.807, 2.05) is 0 Å². The number of aromatic carboxylic acids is 1. The molecular formula is C14H12FN3O3. The van der Waals surface area contributed by atoms with Crippen LogP contribution in [0.4, 0.5) is 14.9 Å². The van der Waals surface area contributed by atoms with Gasteiger partial charge in [0.05, 0.1) is 23.5 Å². The van der Waals surface area contributed by atoms with Crippen molar-refractivity contribution >= 4 is 17.7 Å². The molecule has 0 aliphatic carbocycles. The smallest absolute Gasteiger partial charge is 0.337 e. The van der Waals surface area contributed by atoms with Crippen molar-refractivity contribution in [3.8, 4) is 0 Å². The van der Waals surface area contributed by atoms with E-state index < -0.39 is 17.8 Å². The number of pyridine rings is 1. The Morgan fingerprint density at radius 2 is 2.05 bits per heavy atom. The van der Waals surface area contributed by atoms with E-state index in [1.54, 1.807) is 24.4 Å². The lowest BCUT2D eigenvalue weighted by molar-refractivity contribution is 0.0698. The Bertz CT molecular complexity index is 662. The minimum atomic E-state index is -1.25. The normalized spacial score (nSPS) is 9.95. The van der Waals surface area contributed by atoms with Crippen LogP contribution in [0.2, 0.25) is 0 Å². The van der Waals surface area contributed by atoms with E-state index in [2.05, 4.69) is 15.6 Å². The number of anilines is 1. The average Bonchev–Trinajstić information content (AvgIpc) is 2.46. The van der Waals surface area contributed by atoms with Crippen molar-refractivity contribution < 1.29 is 19.1 Å². The summed E-state index contributed by atoms with van der Waals surface area (Å²) in [6, 6.07) is 7.65. The molecule has 1 aromatic heterocycles. The number of hydrogen-bond acceptors (Lipinski definition) is 3. The summed E-state index contributed by atoms with van der Waals surface area (Å²) < 4.78 is 13.1. The number of carboxylic acids is 1. The summed E-state index contributed by atoms with van der Waals surface area (Å²) in [4.78, 5) is 26.7. The van der Waals surface area contributed by atoms with Gasteiger partial charge < -0.3 is 15.7 Å². The first-order chi connectivity index (χ1) is 10.1. The number of carboxylic acid groups (broad SMARTS) is 1. The maximum absolute atomic E-state index is 13.1. The van der Waals surface area contributed by atoms with Crippen LogP contribution in [0.1, 0.15) is 16.1 Å². The third-order valence-electron chi connectivity index (χ3n) is 2.62. The summed E-state index contributed by atoms with van der Waals surface area (Å²) in [6.45, 7) is 0.171. The molecule has 0 spiro atoms. The van der Waals surface area contributed by atoms with Crippen LogP contribution >= 0.6 is 0 Å². The van der Waals surface area contributed by atoms with Crippen LogP contribution in [0.15, 0.2) is 42.6 Å². The van der Waals surface area contributed by atoms with E-state index in [1.165, 1.54) is 0 Å². The van der Waals surface area contributed by atoms with Gasteiger partial charge in [0.1, 0.15) is 5.82 Å². The molecule has 0 atom stereocenters. The zero-order valence-corrected chi connectivity index (χ0v) is 10.8. The zero-order chi connectivity index (χ0) is 15.2. The van der Waals surface area contributed by atoms with E-state index in [9.17, 15) is 14.0 Å². The maximum Gasteiger partial charge on any atom is 0.337 e. The van der Waals surface area contributed by atoms with E-state index in [0.717, 1.165) is 18.2 Å². The molecule has 0 radical (unpaired) electrons. The molecule has 1 aromatic carbocycles. The lowest BCUT2D eigenvalue weighted by Crippen LogP contribution is -2.29. The Kier molecular flexibility index (Phi) is 4.45. The van der Waals surface area contributed by atoms with Gasteiger partial charge in [0.15, 0.2) is 0 Å². The molecular weight excluding hydrogens is 277 g/mol. The molecule has 6 nitrogen and oxygen atoms in total. The number of carbonyl (C=O) groups is 2. The number of rotatable bonds is 4. The van der Waals surface area contributed by atoms with Gasteiger partial charge in [-0.3, -0.25) is 4.98 Å². The molecule has 108 valence electrons. The first kappa shape index (κ1) is 14.4. The van der Waals surface area contributed by atoms with Crippen molar-refractivity contribution in [2.75, 3.05) is 5.32 Å². The summed E-state index contributed by atoms with van der Waals surface area (Å²) >= 11 is 0. The lowest BCUT2D eigenvalue weighted by Gasteiger charge is -2.09. The number of hydrogen-bond donors (Lipinski definition) is 3. The molecule has 2 amide bonds. The van der Waals surface area contributed by atoms with Crippen molar-refractivity contribution in [2.24, 2.45) is 0 Å². The zero-order valence-electron chi connectivity index (χ0n) is 10.8. The minimum absolute atomic E-state index is 0.110. The van der Waals surface area contributed by atoms with Gasteiger partial charge in [-0.1, -0.05) is 6.07 Å². The maximum atomic E-state index is 13.1. The number of aromatic nitrogens is 1. The molecule has 3 N–H and O–H groups in total. The topological polar surface area (TPSA) is 91.3 Å². The van der Waals surface area contributed by atoms with E-state index in [4.69, 9.17) is 5.11 Å². The number of amides is 2. The fraction of sp³-hybridized carbons (Fsp3) is 0.0714. The molecule has 0 bridgehead atoms. The Labute approximate surface area is 119 Å². The molecule has 0 aliphatic heterocycles. The second-order valence-corrected chi connectivity index (χ2v) is 4.12. The van der Waals surface area contributed by atoms with Crippen LogP contribution in [0.5, 0.6) is 0 Å². The highest BCUT2D eigenvalue weighted by atomic mass is 19.1. The van der Waals surface area contributed by atoms with Gasteiger partial charge >= 0.3 is 12.0 Å². The van der Waals surface area contributed by atoms with Gasteiger partial charge in [-0.2, -0.15) is 0 Å². The van der Waals surface area contributed by atoms with Crippen molar-refractivity contribution in [3.05, 3.63) is 59.7 Å². The Hall–Kier alpha value is -2.96. The minimum Gasteiger partial charge on any atom is -0.478 e. The second kappa shape index (κ2) is 6.47. The molecule has 0 unspecified atom stereocenters. The number of nitrogens with one attached hydrogen (secondary N) is 2. The van der Waals surface area contributed by atoms with Crippen molar-refractivity contribution in [1.82, 2.24) is 10.3 Å². The highest BCUT2D eigenvalue weighted by Crippen LogP contribution is 2.17. The third kappa shape index (κ3) is 4.00. The van der Waals surface area contributed by atoms with Crippen LogP contribution in [0.3, 0.4) is 0 Å². The predicted octanol–water partition coefficient (Wildman–Crippen LogP) is 2.24. The predicted molar refractivity (Wildman–Crippen MR) is 73.5 cm³/mol. The van der Waals surface area contributed by atoms with Crippen LogP contribution in [-0.2, 0) is 6.54 Å². The summed E-state index contributed by atoms with van der Waals surface area (Å²) in [5.74, 6) is -1.89. The molecule has 0 saturated heterocycles. The number of urea groups is 1. The molecule has 0 aliphatic rings. The molecule has 21 heavy (non-hydrogen) atoms. The molecule has 1 heterocycles. The summed E-state index contributed by atoms with van der Waals surface area (Å²) in [5, 5.41) is 13.8. The van der Waals surface area contributed by atoms with E-state index in [0.29, 0.717) is 5.69 Å². The van der Waals surface area contributed by atoms with Gasteiger partial charge in [0.25, 0.3) is 0 Å². The van der Waals surface area contributed by atoms with Crippen LogP contribution in [0, 0.1) is 5.82 Å². The fourth-order valence-corrected chi connectivity index (χ4v) is 1.65. The van der Waals surface area contributed by atoms with Crippen LogP contribution in [0.25, 0.3) is 0 Å². The number of benzene rings is 1. The first-order valence-corrected chi connectivity index (χ1v) is 6.04. The Balaban J connectivity index is 2.02. The molecule has 7 heteroatoms.